The van der Waals surface area contributed by atoms with Crippen LogP contribution in [0.1, 0.15) is 17.0 Å². The molecule has 0 radical (unpaired) electrons. The highest BCUT2D eigenvalue weighted by atomic mass is 32.2. The van der Waals surface area contributed by atoms with Crippen LogP contribution in [-0.4, -0.2) is 28.7 Å². The fourth-order valence-corrected chi connectivity index (χ4v) is 4.01. The highest BCUT2D eigenvalue weighted by Crippen LogP contribution is 2.34. The van der Waals surface area contributed by atoms with E-state index < -0.39 is 16.1 Å². The van der Waals surface area contributed by atoms with E-state index in [1.807, 2.05) is 41.1 Å². The molecule has 1 aliphatic rings. The molecule has 1 aromatic heterocycles. The minimum Gasteiger partial charge on any atom is -0.493 e. The van der Waals surface area contributed by atoms with Crippen LogP contribution in [0.4, 0.5) is 5.69 Å². The zero-order valence-electron chi connectivity index (χ0n) is 15.3. The summed E-state index contributed by atoms with van der Waals surface area (Å²) in [5.74, 6) is 0.702. The van der Waals surface area contributed by atoms with Gasteiger partial charge < -0.3 is 9.84 Å². The maximum Gasteiger partial charge on any atom is 0.330 e. The molecule has 0 unspecified atom stereocenters. The molecule has 0 saturated carbocycles. The molecular formula is C19H19N5O4S. The second-order valence-corrected chi connectivity index (χ2v) is 7.97. The Hall–Kier alpha value is -3.53. The van der Waals surface area contributed by atoms with Gasteiger partial charge in [-0.3, -0.25) is 5.10 Å². The molecule has 0 atom stereocenters. The van der Waals surface area contributed by atoms with Gasteiger partial charge >= 0.3 is 10.2 Å². The molecule has 0 aliphatic carbocycles. The van der Waals surface area contributed by atoms with E-state index in [0.29, 0.717) is 24.3 Å². The van der Waals surface area contributed by atoms with Crippen molar-refractivity contribution in [2.75, 3.05) is 4.31 Å². The van der Waals surface area contributed by atoms with Crippen LogP contribution in [0.25, 0.3) is 0 Å². The third kappa shape index (κ3) is 4.32. The summed E-state index contributed by atoms with van der Waals surface area (Å²) in [6.07, 6.45) is 3.89. The Kier molecular flexibility index (Phi) is 5.09. The third-order valence-corrected chi connectivity index (χ3v) is 5.63. The molecule has 4 rings (SSSR count). The number of aromatic amines is 1. The van der Waals surface area contributed by atoms with E-state index in [9.17, 15) is 13.5 Å². The zero-order chi connectivity index (χ0) is 20.3. The number of hydrogen-bond acceptors (Lipinski definition) is 6. The van der Waals surface area contributed by atoms with Gasteiger partial charge in [0, 0.05) is 6.42 Å². The van der Waals surface area contributed by atoms with Crippen LogP contribution in [0.5, 0.6) is 5.75 Å². The summed E-state index contributed by atoms with van der Waals surface area (Å²) >= 11 is 0. The number of ether oxygens (including phenoxy) is 1. The van der Waals surface area contributed by atoms with Gasteiger partial charge in [-0.1, -0.05) is 36.4 Å². The van der Waals surface area contributed by atoms with E-state index in [4.69, 9.17) is 4.74 Å². The Morgan fingerprint density at radius 3 is 2.59 bits per heavy atom. The van der Waals surface area contributed by atoms with Crippen molar-refractivity contribution in [2.24, 2.45) is 0 Å². The standard InChI is InChI=1S/C19H19N5O4S/c25-19-11-24(29(26,27)23-19)16-8-6-14(7-9-18-20-13-21-22-18)10-17(16)28-12-15-4-2-1-3-5-15/h1-6,8,10-11,13,23,25H,7,9,12H2,(H,20,21,22). The number of aliphatic hydroxyl groups excluding tert-OH is 1. The van der Waals surface area contributed by atoms with Crippen LogP contribution in [0.15, 0.2) is 66.9 Å². The van der Waals surface area contributed by atoms with Crippen molar-refractivity contribution in [2.45, 2.75) is 19.4 Å². The number of aliphatic hydroxyl groups is 1. The first-order valence-electron chi connectivity index (χ1n) is 8.88. The predicted molar refractivity (Wildman–Crippen MR) is 106 cm³/mol. The van der Waals surface area contributed by atoms with Crippen molar-refractivity contribution in [1.29, 1.82) is 0 Å². The minimum absolute atomic E-state index is 0.274. The van der Waals surface area contributed by atoms with Crippen molar-refractivity contribution in [3.8, 4) is 5.75 Å². The third-order valence-electron chi connectivity index (χ3n) is 4.35. The maximum absolute atomic E-state index is 12.3. The monoisotopic (exact) mass is 413 g/mol. The molecule has 3 aromatic rings. The maximum atomic E-state index is 12.3. The second-order valence-electron chi connectivity index (χ2n) is 6.43. The lowest BCUT2D eigenvalue weighted by Gasteiger charge is -2.19. The number of nitrogens with zero attached hydrogens (tertiary/aromatic N) is 3. The van der Waals surface area contributed by atoms with Gasteiger partial charge in [0.2, 0.25) is 5.88 Å². The minimum atomic E-state index is -3.92. The summed E-state index contributed by atoms with van der Waals surface area (Å²) in [7, 11) is -3.92. The van der Waals surface area contributed by atoms with Gasteiger partial charge in [-0.15, -0.1) is 0 Å². The fourth-order valence-electron chi connectivity index (χ4n) is 2.95. The van der Waals surface area contributed by atoms with E-state index >= 15 is 0 Å². The number of anilines is 1. The molecule has 1 aliphatic heterocycles. The smallest absolute Gasteiger partial charge is 0.330 e. The van der Waals surface area contributed by atoms with E-state index in [1.54, 1.807) is 12.1 Å². The van der Waals surface area contributed by atoms with Crippen LogP contribution in [0.2, 0.25) is 0 Å². The Labute approximate surface area is 167 Å². The van der Waals surface area contributed by atoms with Crippen molar-refractivity contribution in [1.82, 2.24) is 19.9 Å². The summed E-state index contributed by atoms with van der Waals surface area (Å²) in [5.41, 5.74) is 2.21. The second kappa shape index (κ2) is 7.84. The number of aromatic nitrogens is 3. The van der Waals surface area contributed by atoms with Crippen LogP contribution >= 0.6 is 0 Å². The molecule has 0 spiro atoms. The Morgan fingerprint density at radius 2 is 1.90 bits per heavy atom. The van der Waals surface area contributed by atoms with Gasteiger partial charge in [-0.05, 0) is 29.7 Å². The van der Waals surface area contributed by atoms with E-state index in [0.717, 1.165) is 27.5 Å². The first kappa shape index (κ1) is 18.8. The van der Waals surface area contributed by atoms with Crippen LogP contribution in [0, 0.1) is 0 Å². The summed E-state index contributed by atoms with van der Waals surface area (Å²) in [4.78, 5) is 4.11. The van der Waals surface area contributed by atoms with E-state index in [-0.39, 0.29) is 6.61 Å². The highest BCUT2D eigenvalue weighted by Gasteiger charge is 2.31. The van der Waals surface area contributed by atoms with E-state index in [2.05, 4.69) is 15.2 Å². The topological polar surface area (TPSA) is 120 Å². The molecule has 10 heteroatoms. The number of hydrogen-bond donors (Lipinski definition) is 3. The van der Waals surface area contributed by atoms with Gasteiger partial charge in [0.05, 0.1) is 6.20 Å². The quantitative estimate of drug-likeness (QED) is 0.546. The molecule has 0 amide bonds. The molecule has 0 saturated heterocycles. The van der Waals surface area contributed by atoms with E-state index in [1.165, 1.54) is 6.33 Å². The number of rotatable bonds is 7. The molecule has 2 heterocycles. The molecule has 0 bridgehead atoms. The number of benzene rings is 2. The van der Waals surface area contributed by atoms with Gasteiger partial charge in [0.25, 0.3) is 0 Å². The van der Waals surface area contributed by atoms with Crippen molar-refractivity contribution >= 4 is 15.9 Å². The Balaban J connectivity index is 1.62. The fraction of sp³-hybridized carbons (Fsp3) is 0.158. The SMILES string of the molecule is O=S1(=O)NC(O)=CN1c1ccc(CCc2ncn[nH]2)cc1OCc1ccccc1. The van der Waals surface area contributed by atoms with Crippen molar-refractivity contribution in [3.63, 3.8) is 0 Å². The van der Waals surface area contributed by atoms with Crippen molar-refractivity contribution < 1.29 is 18.3 Å². The average Bonchev–Trinajstić information content (AvgIpc) is 3.32. The predicted octanol–water partition coefficient (Wildman–Crippen LogP) is 2.18. The van der Waals surface area contributed by atoms with Gasteiger partial charge in [-0.25, -0.2) is 14.0 Å². The number of aryl methyl sites for hydroxylation is 2. The number of H-pyrrole nitrogens is 1. The summed E-state index contributed by atoms with van der Waals surface area (Å²) in [5, 5.41) is 16.3. The highest BCUT2D eigenvalue weighted by molar-refractivity contribution is 7.91. The van der Waals surface area contributed by atoms with Crippen LogP contribution in [-0.2, 0) is 29.7 Å². The summed E-state index contributed by atoms with van der Waals surface area (Å²) in [6.45, 7) is 0.274. The average molecular weight is 413 g/mol. The van der Waals surface area contributed by atoms with Gasteiger partial charge in [0.1, 0.15) is 30.2 Å². The van der Waals surface area contributed by atoms with Crippen LogP contribution < -0.4 is 13.8 Å². The molecule has 0 fully saturated rings. The molecule has 2 aromatic carbocycles. The lowest BCUT2D eigenvalue weighted by molar-refractivity contribution is 0.307. The lowest BCUT2D eigenvalue weighted by atomic mass is 10.1. The molecule has 9 nitrogen and oxygen atoms in total. The Morgan fingerprint density at radius 1 is 1.07 bits per heavy atom. The summed E-state index contributed by atoms with van der Waals surface area (Å²) in [6, 6.07) is 14.8. The Bertz CT molecular complexity index is 1110. The normalized spacial score (nSPS) is 15.0. The molecule has 29 heavy (non-hydrogen) atoms. The number of nitrogens with one attached hydrogen (secondary N) is 2. The lowest BCUT2D eigenvalue weighted by Crippen LogP contribution is -2.30. The zero-order valence-corrected chi connectivity index (χ0v) is 16.1. The van der Waals surface area contributed by atoms with Crippen molar-refractivity contribution in [3.05, 3.63) is 83.9 Å². The summed E-state index contributed by atoms with van der Waals surface area (Å²) < 4.78 is 33.5. The largest absolute Gasteiger partial charge is 0.493 e. The first-order valence-corrected chi connectivity index (χ1v) is 10.3. The van der Waals surface area contributed by atoms with Gasteiger partial charge in [0.15, 0.2) is 0 Å². The molecule has 3 N–H and O–H groups in total. The molecular weight excluding hydrogens is 394 g/mol. The first-order chi connectivity index (χ1) is 14.0. The van der Waals surface area contributed by atoms with Crippen LogP contribution in [0.3, 0.4) is 0 Å². The molecule has 150 valence electrons. The van der Waals surface area contributed by atoms with Gasteiger partial charge in [-0.2, -0.15) is 13.5 Å².